The Kier molecular flexibility index (Phi) is 5.32. The lowest BCUT2D eigenvalue weighted by atomic mass is 10.1. The molecule has 0 saturated carbocycles. The largest absolute Gasteiger partial charge is 0.368 e. The van der Waals surface area contributed by atoms with Gasteiger partial charge in [0.25, 0.3) is 0 Å². The quantitative estimate of drug-likeness (QED) is 0.826. The summed E-state index contributed by atoms with van der Waals surface area (Å²) >= 11 is 1.75. The van der Waals surface area contributed by atoms with Gasteiger partial charge in [-0.25, -0.2) is 4.98 Å². The molecule has 0 spiro atoms. The number of nitrogens with zero attached hydrogens (tertiary/aromatic N) is 1. The fourth-order valence-corrected chi connectivity index (χ4v) is 2.87. The molecule has 1 aromatic heterocycles. The fourth-order valence-electron chi connectivity index (χ4n) is 2.46. The van der Waals surface area contributed by atoms with Crippen LogP contribution >= 0.6 is 11.8 Å². The Morgan fingerprint density at radius 3 is 2.86 bits per heavy atom. The van der Waals surface area contributed by atoms with Gasteiger partial charge in [-0.05, 0) is 43.4 Å². The van der Waals surface area contributed by atoms with Gasteiger partial charge in [0, 0.05) is 23.0 Å². The van der Waals surface area contributed by atoms with E-state index in [4.69, 9.17) is 9.82 Å². The summed E-state index contributed by atoms with van der Waals surface area (Å²) in [5.74, 6) is 0.902. The molecule has 0 amide bonds. The Morgan fingerprint density at radius 1 is 1.27 bits per heavy atom. The maximum Gasteiger partial charge on any atom is 0.126 e. The fraction of sp³-hybridized carbons (Fsp3) is 0.353. The Bertz CT molecular complexity index is 597. The predicted molar refractivity (Wildman–Crippen MR) is 92.1 cm³/mol. The van der Waals surface area contributed by atoms with E-state index in [0.29, 0.717) is 6.04 Å². The molecule has 4 nitrogen and oxygen atoms in total. The molecule has 2 heterocycles. The van der Waals surface area contributed by atoms with E-state index < -0.39 is 0 Å². The lowest BCUT2D eigenvalue weighted by Crippen LogP contribution is -2.39. The smallest absolute Gasteiger partial charge is 0.126 e. The van der Waals surface area contributed by atoms with Crippen molar-refractivity contribution in [2.24, 2.45) is 0 Å². The Balaban J connectivity index is 1.66. The minimum Gasteiger partial charge on any atom is -0.368 e. The van der Waals surface area contributed by atoms with Crippen LogP contribution in [0.5, 0.6) is 0 Å². The van der Waals surface area contributed by atoms with E-state index in [1.54, 1.807) is 11.8 Å². The molecule has 1 aliphatic heterocycles. The highest BCUT2D eigenvalue weighted by Gasteiger charge is 2.13. The first-order chi connectivity index (χ1) is 10.8. The van der Waals surface area contributed by atoms with E-state index in [2.05, 4.69) is 41.3 Å². The van der Waals surface area contributed by atoms with E-state index >= 15 is 0 Å². The van der Waals surface area contributed by atoms with Crippen molar-refractivity contribution in [3.63, 3.8) is 0 Å². The number of aromatic nitrogens is 1. The molecule has 0 bridgehead atoms. The number of pyridine rings is 1. The van der Waals surface area contributed by atoms with Gasteiger partial charge < -0.3 is 10.2 Å². The molecule has 116 valence electrons. The second-order valence-corrected chi connectivity index (χ2v) is 6.20. The van der Waals surface area contributed by atoms with Gasteiger partial charge >= 0.3 is 0 Å². The molecule has 1 atom stereocenters. The zero-order valence-corrected chi connectivity index (χ0v) is 13.5. The van der Waals surface area contributed by atoms with Gasteiger partial charge in [-0.3, -0.25) is 0 Å². The van der Waals surface area contributed by atoms with Crippen molar-refractivity contribution in [2.75, 3.05) is 24.7 Å². The molecular formula is C17H21N3OS. The van der Waals surface area contributed by atoms with E-state index in [1.165, 1.54) is 4.90 Å². The summed E-state index contributed by atoms with van der Waals surface area (Å²) in [6.07, 6.45) is 4.32. The number of hydrogen-bond donors (Lipinski definition) is 2. The molecule has 1 aromatic carbocycles. The maximum atomic E-state index is 5.27. The summed E-state index contributed by atoms with van der Waals surface area (Å²) in [7, 11) is 0. The second kappa shape index (κ2) is 7.63. The molecule has 1 fully saturated rings. The molecule has 2 aromatic rings. The first-order valence-electron chi connectivity index (χ1n) is 7.58. The first-order valence-corrected chi connectivity index (χ1v) is 8.80. The van der Waals surface area contributed by atoms with Crippen molar-refractivity contribution in [3.05, 3.63) is 42.5 Å². The molecule has 1 unspecified atom stereocenters. The molecule has 2 N–H and O–H groups in total. The summed E-state index contributed by atoms with van der Waals surface area (Å²) in [4.78, 5) is 11.2. The van der Waals surface area contributed by atoms with Gasteiger partial charge in [0.05, 0.1) is 12.3 Å². The average Bonchev–Trinajstić information content (AvgIpc) is 2.61. The van der Waals surface area contributed by atoms with Crippen LogP contribution in [0.3, 0.4) is 0 Å². The summed E-state index contributed by atoms with van der Waals surface area (Å²) in [5, 5.41) is 3.39. The van der Waals surface area contributed by atoms with Crippen LogP contribution in [0.2, 0.25) is 0 Å². The van der Waals surface area contributed by atoms with Crippen LogP contribution in [-0.2, 0) is 4.84 Å². The normalized spacial score (nSPS) is 18.1. The van der Waals surface area contributed by atoms with E-state index in [9.17, 15) is 0 Å². The lowest BCUT2D eigenvalue weighted by Gasteiger charge is -2.23. The minimum absolute atomic E-state index is 0.347. The van der Waals surface area contributed by atoms with Crippen LogP contribution in [0.4, 0.5) is 5.82 Å². The molecule has 0 radical (unpaired) electrons. The van der Waals surface area contributed by atoms with Crippen LogP contribution in [-0.4, -0.2) is 30.4 Å². The molecule has 5 heteroatoms. The lowest BCUT2D eigenvalue weighted by molar-refractivity contribution is -0.0151. The number of hydroxylamine groups is 1. The van der Waals surface area contributed by atoms with Crippen LogP contribution in [0.25, 0.3) is 11.3 Å². The Hall–Kier alpha value is -1.56. The monoisotopic (exact) mass is 315 g/mol. The Labute approximate surface area is 135 Å². The third-order valence-electron chi connectivity index (χ3n) is 3.71. The predicted octanol–water partition coefficient (Wildman–Crippen LogP) is 3.57. The van der Waals surface area contributed by atoms with Gasteiger partial charge in [-0.2, -0.15) is 5.48 Å². The summed E-state index contributed by atoms with van der Waals surface area (Å²) in [6.45, 7) is 1.62. The van der Waals surface area contributed by atoms with Crippen molar-refractivity contribution in [1.29, 1.82) is 0 Å². The molecule has 1 saturated heterocycles. The topological polar surface area (TPSA) is 46.2 Å². The van der Waals surface area contributed by atoms with Crippen LogP contribution in [0, 0.1) is 0 Å². The number of anilines is 1. The first kappa shape index (κ1) is 15.3. The van der Waals surface area contributed by atoms with Crippen LogP contribution in [0.15, 0.2) is 47.4 Å². The van der Waals surface area contributed by atoms with Crippen molar-refractivity contribution < 1.29 is 4.84 Å². The number of nitrogens with one attached hydrogen (secondary N) is 2. The summed E-state index contributed by atoms with van der Waals surface area (Å²) in [5.41, 5.74) is 5.19. The molecular weight excluding hydrogens is 294 g/mol. The Morgan fingerprint density at radius 2 is 2.14 bits per heavy atom. The number of benzene rings is 1. The third kappa shape index (κ3) is 4.00. The van der Waals surface area contributed by atoms with E-state index in [-0.39, 0.29) is 0 Å². The summed E-state index contributed by atoms with van der Waals surface area (Å²) < 4.78 is 0. The highest BCUT2D eigenvalue weighted by atomic mass is 32.2. The van der Waals surface area contributed by atoms with Crippen LogP contribution in [0.1, 0.15) is 12.8 Å². The molecule has 1 aliphatic rings. The minimum atomic E-state index is 0.347. The number of thioether (sulfide) groups is 1. The van der Waals surface area contributed by atoms with Crippen molar-refractivity contribution in [3.8, 4) is 11.3 Å². The van der Waals surface area contributed by atoms with Gasteiger partial charge in [-0.15, -0.1) is 11.8 Å². The van der Waals surface area contributed by atoms with E-state index in [1.807, 2.05) is 18.2 Å². The van der Waals surface area contributed by atoms with Crippen molar-refractivity contribution >= 4 is 17.6 Å². The van der Waals surface area contributed by atoms with Gasteiger partial charge in [0.2, 0.25) is 0 Å². The highest BCUT2D eigenvalue weighted by Crippen LogP contribution is 2.22. The second-order valence-electron chi connectivity index (χ2n) is 5.32. The van der Waals surface area contributed by atoms with Gasteiger partial charge in [-0.1, -0.05) is 18.2 Å². The van der Waals surface area contributed by atoms with E-state index in [0.717, 1.165) is 43.1 Å². The zero-order chi connectivity index (χ0) is 15.2. The third-order valence-corrected chi connectivity index (χ3v) is 4.46. The number of rotatable bonds is 5. The standard InChI is InChI=1S/C17H21N3OS/c1-22-15-9-7-13(8-10-15)16-5-2-6-17(19-16)18-12-14-4-3-11-21-20-14/h2,5-10,14,20H,3-4,11-12H2,1H3,(H,18,19). The highest BCUT2D eigenvalue weighted by molar-refractivity contribution is 7.98. The molecule has 22 heavy (non-hydrogen) atoms. The SMILES string of the molecule is CSc1ccc(-c2cccc(NCC3CCCON3)n2)cc1. The van der Waals surface area contributed by atoms with Gasteiger partial charge in [0.15, 0.2) is 0 Å². The zero-order valence-electron chi connectivity index (χ0n) is 12.7. The average molecular weight is 315 g/mol. The van der Waals surface area contributed by atoms with Gasteiger partial charge in [0.1, 0.15) is 5.82 Å². The number of hydrogen-bond acceptors (Lipinski definition) is 5. The maximum absolute atomic E-state index is 5.27. The summed E-state index contributed by atoms with van der Waals surface area (Å²) in [6, 6.07) is 14.9. The molecule has 3 rings (SSSR count). The molecule has 0 aliphatic carbocycles. The van der Waals surface area contributed by atoms with Crippen molar-refractivity contribution in [2.45, 2.75) is 23.8 Å². The van der Waals surface area contributed by atoms with Crippen molar-refractivity contribution in [1.82, 2.24) is 10.5 Å². The van der Waals surface area contributed by atoms with Crippen LogP contribution < -0.4 is 10.8 Å².